The minimum absolute atomic E-state index is 0.0854. The smallest absolute Gasteiger partial charge is 0.227 e. The van der Waals surface area contributed by atoms with Gasteiger partial charge in [-0.3, -0.25) is 0 Å². The fourth-order valence-electron chi connectivity index (χ4n) is 2.56. The predicted octanol–water partition coefficient (Wildman–Crippen LogP) is 2.56. The van der Waals surface area contributed by atoms with Crippen molar-refractivity contribution >= 4 is 0 Å². The van der Waals surface area contributed by atoms with Gasteiger partial charge in [0.15, 0.2) is 5.82 Å². The van der Waals surface area contributed by atoms with Crippen LogP contribution in [0.3, 0.4) is 0 Å². The fourth-order valence-corrected chi connectivity index (χ4v) is 2.56. The largest absolute Gasteiger partial charge is 0.493 e. The minimum atomic E-state index is -0.237. The Labute approximate surface area is 122 Å². The molecular formula is C15H18FN3O2. The van der Waals surface area contributed by atoms with E-state index in [1.165, 1.54) is 6.07 Å². The molecule has 0 aliphatic carbocycles. The molecule has 0 radical (unpaired) electrons. The van der Waals surface area contributed by atoms with Gasteiger partial charge < -0.3 is 14.6 Å². The number of hydrogen-bond donors (Lipinski definition) is 1. The van der Waals surface area contributed by atoms with Crippen LogP contribution in [0.1, 0.15) is 36.2 Å². The summed E-state index contributed by atoms with van der Waals surface area (Å²) in [5, 5.41) is 7.19. The zero-order valence-corrected chi connectivity index (χ0v) is 11.9. The predicted molar refractivity (Wildman–Crippen MR) is 74.6 cm³/mol. The summed E-state index contributed by atoms with van der Waals surface area (Å²) in [5.41, 5.74) is 0.884. The molecule has 3 rings (SSSR count). The summed E-state index contributed by atoms with van der Waals surface area (Å²) in [6.45, 7) is 3.16. The highest BCUT2D eigenvalue weighted by atomic mass is 19.1. The summed E-state index contributed by atoms with van der Waals surface area (Å²) in [6, 6.07) is 4.77. The third-order valence-corrected chi connectivity index (χ3v) is 3.54. The molecular weight excluding hydrogens is 273 g/mol. The molecule has 1 aromatic heterocycles. The van der Waals surface area contributed by atoms with E-state index < -0.39 is 0 Å². The summed E-state index contributed by atoms with van der Waals surface area (Å²) >= 11 is 0. The Kier molecular flexibility index (Phi) is 4.15. The van der Waals surface area contributed by atoms with Crippen LogP contribution in [0.15, 0.2) is 22.7 Å². The number of aryl methyl sites for hydroxylation is 1. The van der Waals surface area contributed by atoms with E-state index in [9.17, 15) is 4.39 Å². The summed E-state index contributed by atoms with van der Waals surface area (Å²) in [4.78, 5) is 4.17. The average Bonchev–Trinajstić information content (AvgIpc) is 2.77. The number of rotatable bonds is 4. The molecule has 1 aliphatic rings. The molecule has 5 nitrogen and oxygen atoms in total. The van der Waals surface area contributed by atoms with E-state index in [4.69, 9.17) is 9.26 Å². The van der Waals surface area contributed by atoms with Crippen molar-refractivity contribution < 1.29 is 13.7 Å². The Bertz CT molecular complexity index is 615. The maximum atomic E-state index is 13.5. The van der Waals surface area contributed by atoms with Crippen molar-refractivity contribution in [1.29, 1.82) is 0 Å². The topological polar surface area (TPSA) is 60.2 Å². The van der Waals surface area contributed by atoms with E-state index in [0.29, 0.717) is 31.3 Å². The van der Waals surface area contributed by atoms with Gasteiger partial charge in [-0.2, -0.15) is 4.98 Å². The number of hydrogen-bond acceptors (Lipinski definition) is 5. The van der Waals surface area contributed by atoms with Crippen molar-refractivity contribution in [2.24, 2.45) is 0 Å². The second kappa shape index (κ2) is 6.22. The first kappa shape index (κ1) is 14.0. The summed E-state index contributed by atoms with van der Waals surface area (Å²) in [6.07, 6.45) is 2.51. The quantitative estimate of drug-likeness (QED) is 0.938. The fraction of sp³-hybridized carbons (Fsp3) is 0.467. The van der Waals surface area contributed by atoms with E-state index >= 15 is 0 Å². The first-order valence-corrected chi connectivity index (χ1v) is 7.17. The summed E-state index contributed by atoms with van der Waals surface area (Å²) < 4.78 is 24.2. The van der Waals surface area contributed by atoms with Gasteiger partial charge in [0.2, 0.25) is 5.89 Å². The van der Waals surface area contributed by atoms with Crippen LogP contribution in [-0.2, 0) is 6.42 Å². The number of nitrogens with zero attached hydrogens (tertiary/aromatic N) is 2. The van der Waals surface area contributed by atoms with Crippen LogP contribution < -0.4 is 10.1 Å². The first-order valence-electron chi connectivity index (χ1n) is 7.17. The lowest BCUT2D eigenvalue weighted by Crippen LogP contribution is -2.23. The standard InChI is InChI=1S/C15H18FN3O2/c1-10-18-15(21-19-10)6-7-17-13-3-2-8-20-14-5-4-11(16)9-12(13)14/h4-5,9,13,17H,2-3,6-8H2,1H3/t13-/m0/s1. The van der Waals surface area contributed by atoms with Crippen LogP contribution in [0.25, 0.3) is 0 Å². The number of halogens is 1. The van der Waals surface area contributed by atoms with Gasteiger partial charge in [-0.05, 0) is 38.0 Å². The van der Waals surface area contributed by atoms with Crippen LogP contribution in [0.2, 0.25) is 0 Å². The third-order valence-electron chi connectivity index (χ3n) is 3.54. The van der Waals surface area contributed by atoms with Gasteiger partial charge in [0.25, 0.3) is 0 Å². The van der Waals surface area contributed by atoms with Crippen molar-refractivity contribution in [3.8, 4) is 5.75 Å². The van der Waals surface area contributed by atoms with Gasteiger partial charge in [-0.25, -0.2) is 4.39 Å². The number of fused-ring (bicyclic) bond motifs is 1. The third kappa shape index (κ3) is 3.39. The monoisotopic (exact) mass is 291 g/mol. The number of benzene rings is 1. The van der Waals surface area contributed by atoms with E-state index in [-0.39, 0.29) is 11.9 Å². The molecule has 21 heavy (non-hydrogen) atoms. The van der Waals surface area contributed by atoms with Crippen molar-refractivity contribution in [3.05, 3.63) is 41.3 Å². The van der Waals surface area contributed by atoms with Crippen LogP contribution in [0, 0.1) is 12.7 Å². The second-order valence-electron chi connectivity index (χ2n) is 5.16. The molecule has 0 saturated heterocycles. The van der Waals surface area contributed by atoms with Crippen LogP contribution in [0.4, 0.5) is 4.39 Å². The highest BCUT2D eigenvalue weighted by molar-refractivity contribution is 5.37. The molecule has 0 spiro atoms. The lowest BCUT2D eigenvalue weighted by molar-refractivity contribution is 0.314. The molecule has 0 saturated carbocycles. The second-order valence-corrected chi connectivity index (χ2v) is 5.16. The van der Waals surface area contributed by atoms with E-state index in [2.05, 4.69) is 15.5 Å². The normalized spacial score (nSPS) is 17.9. The molecule has 1 aromatic carbocycles. The molecule has 1 aliphatic heterocycles. The lowest BCUT2D eigenvalue weighted by atomic mass is 10.0. The van der Waals surface area contributed by atoms with Gasteiger partial charge in [-0.1, -0.05) is 5.16 Å². The molecule has 0 bridgehead atoms. The van der Waals surface area contributed by atoms with E-state index in [1.54, 1.807) is 19.1 Å². The zero-order valence-electron chi connectivity index (χ0n) is 11.9. The van der Waals surface area contributed by atoms with Gasteiger partial charge in [0.1, 0.15) is 11.6 Å². The lowest BCUT2D eigenvalue weighted by Gasteiger charge is -2.18. The molecule has 0 unspecified atom stereocenters. The Morgan fingerprint density at radius 1 is 1.43 bits per heavy atom. The van der Waals surface area contributed by atoms with Crippen LogP contribution in [-0.4, -0.2) is 23.3 Å². The number of nitrogens with one attached hydrogen (secondary N) is 1. The van der Waals surface area contributed by atoms with Crippen LogP contribution in [0.5, 0.6) is 5.75 Å². The van der Waals surface area contributed by atoms with Crippen molar-refractivity contribution in [2.75, 3.05) is 13.2 Å². The molecule has 2 aromatic rings. The SMILES string of the molecule is Cc1noc(CCN[C@H]2CCCOc3ccc(F)cc32)n1. The molecule has 0 fully saturated rings. The molecule has 1 atom stereocenters. The first-order chi connectivity index (χ1) is 10.2. The molecule has 1 N–H and O–H groups in total. The van der Waals surface area contributed by atoms with Gasteiger partial charge in [-0.15, -0.1) is 0 Å². The Balaban J connectivity index is 1.66. The highest BCUT2D eigenvalue weighted by Gasteiger charge is 2.20. The zero-order chi connectivity index (χ0) is 14.7. The van der Waals surface area contributed by atoms with Gasteiger partial charge in [0, 0.05) is 24.6 Å². The molecule has 2 heterocycles. The molecule has 6 heteroatoms. The highest BCUT2D eigenvalue weighted by Crippen LogP contribution is 2.31. The molecule has 112 valence electrons. The van der Waals surface area contributed by atoms with Crippen molar-refractivity contribution in [3.63, 3.8) is 0 Å². The number of aromatic nitrogens is 2. The Hall–Kier alpha value is -1.95. The Morgan fingerprint density at radius 3 is 3.14 bits per heavy atom. The summed E-state index contributed by atoms with van der Waals surface area (Å²) in [5.74, 6) is 1.78. The molecule has 0 amide bonds. The van der Waals surface area contributed by atoms with Gasteiger partial charge >= 0.3 is 0 Å². The maximum absolute atomic E-state index is 13.5. The van der Waals surface area contributed by atoms with Gasteiger partial charge in [0.05, 0.1) is 6.61 Å². The van der Waals surface area contributed by atoms with Crippen molar-refractivity contribution in [1.82, 2.24) is 15.5 Å². The Morgan fingerprint density at radius 2 is 2.33 bits per heavy atom. The number of ether oxygens (including phenoxy) is 1. The van der Waals surface area contributed by atoms with Crippen LogP contribution >= 0.6 is 0 Å². The van der Waals surface area contributed by atoms with Crippen molar-refractivity contribution in [2.45, 2.75) is 32.2 Å². The minimum Gasteiger partial charge on any atom is -0.493 e. The van der Waals surface area contributed by atoms with E-state index in [0.717, 1.165) is 24.2 Å². The van der Waals surface area contributed by atoms with E-state index in [1.807, 2.05) is 0 Å². The average molecular weight is 291 g/mol. The maximum Gasteiger partial charge on any atom is 0.227 e. The summed E-state index contributed by atoms with van der Waals surface area (Å²) in [7, 11) is 0.